The zero-order chi connectivity index (χ0) is 13.8. The highest BCUT2D eigenvalue weighted by Crippen LogP contribution is 2.16. The van der Waals surface area contributed by atoms with Gasteiger partial charge in [0.2, 0.25) is 0 Å². The molecule has 4 nitrogen and oxygen atoms in total. The van der Waals surface area contributed by atoms with Crippen LogP contribution in [-0.4, -0.2) is 41.1 Å². The van der Waals surface area contributed by atoms with Gasteiger partial charge in [0.05, 0.1) is 11.0 Å². The first-order chi connectivity index (χ1) is 9.11. The molecule has 0 aliphatic rings. The zero-order valence-corrected chi connectivity index (χ0v) is 12.2. The molecule has 1 aromatic carbocycles. The summed E-state index contributed by atoms with van der Waals surface area (Å²) in [6.07, 6.45) is 2.13. The number of benzene rings is 1. The van der Waals surface area contributed by atoms with Crippen LogP contribution in [0.25, 0.3) is 11.0 Å². The third-order valence-corrected chi connectivity index (χ3v) is 3.70. The highest BCUT2D eigenvalue weighted by molar-refractivity contribution is 5.76. The molecule has 1 aromatic heterocycles. The Morgan fingerprint density at radius 2 is 2.11 bits per heavy atom. The number of nitrogens with zero attached hydrogens (tertiary/aromatic N) is 3. The average molecular weight is 260 g/mol. The fourth-order valence-corrected chi connectivity index (χ4v) is 2.31. The average Bonchev–Trinajstić information content (AvgIpc) is 2.69. The van der Waals surface area contributed by atoms with Crippen molar-refractivity contribution in [3.8, 4) is 0 Å². The number of fused-ring (bicyclic) bond motifs is 1. The van der Waals surface area contributed by atoms with Gasteiger partial charge < -0.3 is 15.2 Å². The van der Waals surface area contributed by atoms with Crippen LogP contribution in [0.3, 0.4) is 0 Å². The molecule has 2 N–H and O–H groups in total. The fraction of sp³-hybridized carbons (Fsp3) is 0.533. The van der Waals surface area contributed by atoms with Gasteiger partial charge in [0, 0.05) is 13.6 Å². The van der Waals surface area contributed by atoms with Crippen LogP contribution < -0.4 is 5.73 Å². The van der Waals surface area contributed by atoms with Crippen LogP contribution in [0.15, 0.2) is 18.2 Å². The van der Waals surface area contributed by atoms with Gasteiger partial charge in [0.15, 0.2) is 0 Å². The molecule has 0 aliphatic heterocycles. The topological polar surface area (TPSA) is 47.1 Å². The Balaban J connectivity index is 2.01. The van der Waals surface area contributed by atoms with Crippen LogP contribution in [0.4, 0.5) is 0 Å². The number of imidazole rings is 1. The van der Waals surface area contributed by atoms with Gasteiger partial charge in [-0.1, -0.05) is 6.07 Å². The predicted octanol–water partition coefficient (Wildman–Crippen LogP) is 1.70. The molecule has 0 saturated heterocycles. The Morgan fingerprint density at radius 1 is 1.32 bits per heavy atom. The van der Waals surface area contributed by atoms with E-state index >= 15 is 0 Å². The summed E-state index contributed by atoms with van der Waals surface area (Å²) in [6, 6.07) is 6.59. The minimum absolute atomic E-state index is 0.767. The summed E-state index contributed by atoms with van der Waals surface area (Å²) in [7, 11) is 4.21. The van der Waals surface area contributed by atoms with Crippen molar-refractivity contribution in [2.24, 2.45) is 12.8 Å². The number of aryl methyl sites for hydroxylation is 2. The molecule has 0 fully saturated rings. The van der Waals surface area contributed by atoms with E-state index in [-0.39, 0.29) is 0 Å². The summed E-state index contributed by atoms with van der Waals surface area (Å²) in [5.41, 5.74) is 9.18. The maximum Gasteiger partial charge on any atom is 0.106 e. The molecule has 0 radical (unpaired) electrons. The number of nitrogens with two attached hydrogens (primary N) is 1. The summed E-state index contributed by atoms with van der Waals surface area (Å²) < 4.78 is 2.13. The largest absolute Gasteiger partial charge is 0.331 e. The van der Waals surface area contributed by atoms with Crippen LogP contribution in [0.1, 0.15) is 17.8 Å². The summed E-state index contributed by atoms with van der Waals surface area (Å²) in [5.74, 6) is 1.06. The maximum absolute atomic E-state index is 5.53. The maximum atomic E-state index is 5.53. The summed E-state index contributed by atoms with van der Waals surface area (Å²) in [5, 5.41) is 0. The van der Waals surface area contributed by atoms with Gasteiger partial charge in [-0.05, 0) is 57.6 Å². The van der Waals surface area contributed by atoms with Gasteiger partial charge in [-0.3, -0.25) is 0 Å². The highest BCUT2D eigenvalue weighted by Gasteiger charge is 2.05. The van der Waals surface area contributed by atoms with Gasteiger partial charge in [-0.15, -0.1) is 0 Å². The molecule has 104 valence electrons. The first-order valence-corrected chi connectivity index (χ1v) is 6.92. The smallest absolute Gasteiger partial charge is 0.106 e. The molecule has 4 heteroatoms. The van der Waals surface area contributed by atoms with Crippen molar-refractivity contribution in [2.45, 2.75) is 19.8 Å². The molecular formula is C15H24N4. The number of rotatable bonds is 6. The van der Waals surface area contributed by atoms with Crippen molar-refractivity contribution >= 4 is 11.0 Å². The molecular weight excluding hydrogens is 236 g/mol. The van der Waals surface area contributed by atoms with E-state index in [4.69, 9.17) is 5.73 Å². The fourth-order valence-electron chi connectivity index (χ4n) is 2.31. The Hall–Kier alpha value is -1.39. The SMILES string of the molecule is Cc1nc2cc(CCN(C)CCCN)ccc2n1C. The van der Waals surface area contributed by atoms with Crippen molar-refractivity contribution in [3.05, 3.63) is 29.6 Å². The minimum Gasteiger partial charge on any atom is -0.331 e. The Kier molecular flexibility index (Phi) is 4.56. The van der Waals surface area contributed by atoms with Crippen LogP contribution in [-0.2, 0) is 13.5 Å². The monoisotopic (exact) mass is 260 g/mol. The molecule has 0 bridgehead atoms. The lowest BCUT2D eigenvalue weighted by molar-refractivity contribution is 0.335. The van der Waals surface area contributed by atoms with Crippen molar-refractivity contribution in [3.63, 3.8) is 0 Å². The summed E-state index contributed by atoms with van der Waals surface area (Å²) in [4.78, 5) is 6.92. The Morgan fingerprint density at radius 3 is 2.84 bits per heavy atom. The van der Waals surface area contributed by atoms with E-state index in [2.05, 4.69) is 46.7 Å². The third-order valence-electron chi connectivity index (χ3n) is 3.70. The minimum atomic E-state index is 0.767. The van der Waals surface area contributed by atoms with Crippen molar-refractivity contribution in [2.75, 3.05) is 26.7 Å². The van der Waals surface area contributed by atoms with E-state index in [0.29, 0.717) is 0 Å². The number of hydrogen-bond donors (Lipinski definition) is 1. The molecule has 2 aromatic rings. The molecule has 0 spiro atoms. The van der Waals surface area contributed by atoms with Crippen LogP contribution in [0.2, 0.25) is 0 Å². The summed E-state index contributed by atoms with van der Waals surface area (Å²) in [6.45, 7) is 4.95. The van der Waals surface area contributed by atoms with Crippen LogP contribution >= 0.6 is 0 Å². The van der Waals surface area contributed by atoms with Gasteiger partial charge in [0.1, 0.15) is 5.82 Å². The third kappa shape index (κ3) is 3.33. The van der Waals surface area contributed by atoms with E-state index in [1.165, 1.54) is 11.1 Å². The van der Waals surface area contributed by atoms with Gasteiger partial charge >= 0.3 is 0 Å². The predicted molar refractivity (Wildman–Crippen MR) is 80.3 cm³/mol. The molecule has 0 unspecified atom stereocenters. The second-order valence-electron chi connectivity index (χ2n) is 5.24. The zero-order valence-electron chi connectivity index (χ0n) is 12.2. The summed E-state index contributed by atoms with van der Waals surface area (Å²) >= 11 is 0. The standard InChI is InChI=1S/C15H24N4/c1-12-17-14-11-13(5-6-15(14)19(12)3)7-10-18(2)9-4-8-16/h5-6,11H,4,7-10,16H2,1-3H3. The molecule has 0 amide bonds. The molecule has 19 heavy (non-hydrogen) atoms. The van der Waals surface area contributed by atoms with Crippen molar-refractivity contribution < 1.29 is 0 Å². The normalized spacial score (nSPS) is 11.6. The second-order valence-corrected chi connectivity index (χ2v) is 5.24. The first-order valence-electron chi connectivity index (χ1n) is 6.92. The lowest BCUT2D eigenvalue weighted by Crippen LogP contribution is -2.24. The van der Waals surface area contributed by atoms with Crippen molar-refractivity contribution in [1.29, 1.82) is 0 Å². The molecule has 0 saturated carbocycles. The lowest BCUT2D eigenvalue weighted by Gasteiger charge is -2.15. The van der Waals surface area contributed by atoms with Crippen LogP contribution in [0, 0.1) is 6.92 Å². The van der Waals surface area contributed by atoms with E-state index in [9.17, 15) is 0 Å². The number of likely N-dealkylation sites (N-methyl/N-ethyl adjacent to an activating group) is 1. The first kappa shape index (κ1) is 14.0. The quantitative estimate of drug-likeness (QED) is 0.860. The Bertz CT molecular complexity index is 544. The van der Waals surface area contributed by atoms with Crippen LogP contribution in [0.5, 0.6) is 0 Å². The van der Waals surface area contributed by atoms with Crippen molar-refractivity contribution in [1.82, 2.24) is 14.5 Å². The van der Waals surface area contributed by atoms with Gasteiger partial charge in [-0.25, -0.2) is 4.98 Å². The number of aromatic nitrogens is 2. The van der Waals surface area contributed by atoms with E-state index in [1.54, 1.807) is 0 Å². The molecule has 2 rings (SSSR count). The van der Waals surface area contributed by atoms with E-state index in [0.717, 1.165) is 43.8 Å². The van der Waals surface area contributed by atoms with Gasteiger partial charge in [0.25, 0.3) is 0 Å². The Labute approximate surface area is 115 Å². The molecule has 1 heterocycles. The second kappa shape index (κ2) is 6.17. The van der Waals surface area contributed by atoms with Gasteiger partial charge in [-0.2, -0.15) is 0 Å². The molecule has 0 aliphatic carbocycles. The van der Waals surface area contributed by atoms with E-state index in [1.807, 2.05) is 6.92 Å². The van der Waals surface area contributed by atoms with E-state index < -0.39 is 0 Å². The molecule has 0 atom stereocenters. The number of hydrogen-bond acceptors (Lipinski definition) is 3. The highest BCUT2D eigenvalue weighted by atomic mass is 15.1. The lowest BCUT2D eigenvalue weighted by atomic mass is 10.1.